The second-order valence-corrected chi connectivity index (χ2v) is 5.21. The highest BCUT2D eigenvalue weighted by Gasteiger charge is 2.10. The predicted octanol–water partition coefficient (Wildman–Crippen LogP) is 4.16. The van der Waals surface area contributed by atoms with Crippen LogP contribution < -0.4 is 4.74 Å². The number of aromatic nitrogens is 1. The number of aldehydes is 1. The first-order valence-corrected chi connectivity index (χ1v) is 6.96. The van der Waals surface area contributed by atoms with Gasteiger partial charge in [0.25, 0.3) is 0 Å². The molecule has 21 heavy (non-hydrogen) atoms. The van der Waals surface area contributed by atoms with Crippen LogP contribution in [0.1, 0.15) is 15.9 Å². The molecule has 0 saturated carbocycles. The summed E-state index contributed by atoms with van der Waals surface area (Å²) in [6.07, 6.45) is 2.71. The molecule has 0 saturated heterocycles. The number of rotatable bonds is 4. The Bertz CT molecular complexity index is 808. The van der Waals surface area contributed by atoms with Crippen LogP contribution in [-0.2, 0) is 6.54 Å². The van der Waals surface area contributed by atoms with Crippen LogP contribution in [0.15, 0.2) is 48.7 Å². The van der Waals surface area contributed by atoms with E-state index in [0.717, 1.165) is 33.5 Å². The summed E-state index contributed by atoms with van der Waals surface area (Å²) in [6, 6.07) is 13.4. The number of carbonyl (C=O) groups excluding carboxylic acids is 1. The van der Waals surface area contributed by atoms with Crippen molar-refractivity contribution in [3.63, 3.8) is 0 Å². The number of ether oxygens (including phenoxy) is 1. The van der Waals surface area contributed by atoms with Crippen LogP contribution in [0, 0.1) is 0 Å². The van der Waals surface area contributed by atoms with Crippen LogP contribution in [0.25, 0.3) is 10.9 Å². The summed E-state index contributed by atoms with van der Waals surface area (Å²) in [5, 5.41) is 1.61. The molecule has 4 heteroatoms. The summed E-state index contributed by atoms with van der Waals surface area (Å²) in [6.45, 7) is 0.621. The summed E-state index contributed by atoms with van der Waals surface area (Å²) >= 11 is 6.21. The SMILES string of the molecule is COc1ccc2c(c1)c(C=O)cn2Cc1ccccc1Cl. The Labute approximate surface area is 127 Å². The lowest BCUT2D eigenvalue weighted by Crippen LogP contribution is -1.98. The van der Waals surface area contributed by atoms with Gasteiger partial charge >= 0.3 is 0 Å². The number of fused-ring (bicyclic) bond motifs is 1. The van der Waals surface area contributed by atoms with Gasteiger partial charge in [-0.1, -0.05) is 29.8 Å². The number of methoxy groups -OCH3 is 1. The number of nitrogens with zero attached hydrogens (tertiary/aromatic N) is 1. The smallest absolute Gasteiger partial charge is 0.152 e. The molecule has 3 rings (SSSR count). The molecule has 0 fully saturated rings. The molecule has 0 amide bonds. The first-order chi connectivity index (χ1) is 10.2. The topological polar surface area (TPSA) is 31.2 Å². The van der Waals surface area contributed by atoms with Crippen LogP contribution in [0.5, 0.6) is 5.75 Å². The Kier molecular flexibility index (Phi) is 3.67. The van der Waals surface area contributed by atoms with Crippen molar-refractivity contribution in [3.05, 3.63) is 64.8 Å². The highest BCUT2D eigenvalue weighted by atomic mass is 35.5. The van der Waals surface area contributed by atoms with Crippen molar-refractivity contribution in [1.29, 1.82) is 0 Å². The van der Waals surface area contributed by atoms with Gasteiger partial charge in [-0.05, 0) is 29.8 Å². The lowest BCUT2D eigenvalue weighted by Gasteiger charge is -2.08. The third-order valence-corrected chi connectivity index (χ3v) is 3.91. The minimum Gasteiger partial charge on any atom is -0.497 e. The fourth-order valence-electron chi connectivity index (χ4n) is 2.47. The molecule has 0 N–H and O–H groups in total. The summed E-state index contributed by atoms with van der Waals surface area (Å²) in [5.41, 5.74) is 2.65. The molecule has 106 valence electrons. The molecule has 1 heterocycles. The van der Waals surface area contributed by atoms with E-state index in [4.69, 9.17) is 16.3 Å². The van der Waals surface area contributed by atoms with E-state index >= 15 is 0 Å². The Morgan fingerprint density at radius 1 is 1.24 bits per heavy atom. The molecule has 0 radical (unpaired) electrons. The van der Waals surface area contributed by atoms with E-state index in [1.54, 1.807) is 7.11 Å². The van der Waals surface area contributed by atoms with Gasteiger partial charge < -0.3 is 9.30 Å². The van der Waals surface area contributed by atoms with E-state index in [-0.39, 0.29) is 0 Å². The zero-order valence-corrected chi connectivity index (χ0v) is 12.3. The summed E-state index contributed by atoms with van der Waals surface area (Å²) < 4.78 is 7.25. The van der Waals surface area contributed by atoms with Crippen molar-refractivity contribution in [2.24, 2.45) is 0 Å². The van der Waals surface area contributed by atoms with Crippen molar-refractivity contribution < 1.29 is 9.53 Å². The molecular weight excluding hydrogens is 286 g/mol. The van der Waals surface area contributed by atoms with Crippen LogP contribution in [0.4, 0.5) is 0 Å². The molecular formula is C17H14ClNO2. The molecule has 3 nitrogen and oxygen atoms in total. The molecule has 0 atom stereocenters. The zero-order valence-electron chi connectivity index (χ0n) is 11.5. The number of hydrogen-bond acceptors (Lipinski definition) is 2. The first kappa shape index (κ1) is 13.7. The van der Waals surface area contributed by atoms with E-state index in [0.29, 0.717) is 12.1 Å². The Morgan fingerprint density at radius 3 is 2.76 bits per heavy atom. The molecule has 3 aromatic rings. The molecule has 0 unspecified atom stereocenters. The van der Waals surface area contributed by atoms with Crippen molar-refractivity contribution in [2.45, 2.75) is 6.54 Å². The maximum Gasteiger partial charge on any atom is 0.152 e. The van der Waals surface area contributed by atoms with Gasteiger partial charge in [0.15, 0.2) is 6.29 Å². The molecule has 0 aliphatic carbocycles. The molecule has 0 aliphatic heterocycles. The second-order valence-electron chi connectivity index (χ2n) is 4.80. The van der Waals surface area contributed by atoms with Gasteiger partial charge in [0.1, 0.15) is 5.75 Å². The molecule has 0 bridgehead atoms. The van der Waals surface area contributed by atoms with Gasteiger partial charge in [-0.3, -0.25) is 4.79 Å². The quantitative estimate of drug-likeness (QED) is 0.677. The number of carbonyl (C=O) groups is 1. The van der Waals surface area contributed by atoms with E-state index in [1.165, 1.54) is 0 Å². The zero-order chi connectivity index (χ0) is 14.8. The molecule has 0 spiro atoms. The van der Waals surface area contributed by atoms with Crippen molar-refractivity contribution >= 4 is 28.8 Å². The van der Waals surface area contributed by atoms with E-state index in [1.807, 2.05) is 53.2 Å². The maximum absolute atomic E-state index is 11.3. The number of halogens is 1. The fraction of sp³-hybridized carbons (Fsp3) is 0.118. The van der Waals surface area contributed by atoms with Crippen LogP contribution in [0.3, 0.4) is 0 Å². The van der Waals surface area contributed by atoms with Gasteiger partial charge in [0.2, 0.25) is 0 Å². The minimum absolute atomic E-state index is 0.621. The van der Waals surface area contributed by atoms with Crippen LogP contribution in [0.2, 0.25) is 5.02 Å². The van der Waals surface area contributed by atoms with Crippen molar-refractivity contribution in [1.82, 2.24) is 4.57 Å². The number of benzene rings is 2. The summed E-state index contributed by atoms with van der Waals surface area (Å²) in [4.78, 5) is 11.3. The van der Waals surface area contributed by atoms with Gasteiger partial charge in [0.05, 0.1) is 7.11 Å². The molecule has 2 aromatic carbocycles. The standard InChI is InChI=1S/C17H14ClNO2/c1-21-14-6-7-17-15(8-14)13(11-20)10-19(17)9-12-4-2-3-5-16(12)18/h2-8,10-11H,9H2,1H3. The van der Waals surface area contributed by atoms with Crippen LogP contribution >= 0.6 is 11.6 Å². The second kappa shape index (κ2) is 5.62. The normalized spacial score (nSPS) is 10.8. The predicted molar refractivity (Wildman–Crippen MR) is 84.4 cm³/mol. The Balaban J connectivity index is 2.11. The largest absolute Gasteiger partial charge is 0.497 e. The highest BCUT2D eigenvalue weighted by molar-refractivity contribution is 6.31. The summed E-state index contributed by atoms with van der Waals surface area (Å²) in [5.74, 6) is 0.737. The van der Waals surface area contributed by atoms with E-state index in [9.17, 15) is 4.79 Å². The van der Waals surface area contributed by atoms with Gasteiger partial charge in [-0.15, -0.1) is 0 Å². The van der Waals surface area contributed by atoms with Crippen LogP contribution in [-0.4, -0.2) is 18.0 Å². The average molecular weight is 300 g/mol. The average Bonchev–Trinajstić information content (AvgIpc) is 2.86. The van der Waals surface area contributed by atoms with Gasteiger partial charge in [-0.2, -0.15) is 0 Å². The fourth-order valence-corrected chi connectivity index (χ4v) is 2.66. The van der Waals surface area contributed by atoms with Crippen molar-refractivity contribution in [2.75, 3.05) is 7.11 Å². The van der Waals surface area contributed by atoms with Gasteiger partial charge in [0, 0.05) is 34.2 Å². The maximum atomic E-state index is 11.3. The minimum atomic E-state index is 0.621. The Morgan fingerprint density at radius 2 is 2.05 bits per heavy atom. The Hall–Kier alpha value is -2.26. The third kappa shape index (κ3) is 2.52. The van der Waals surface area contributed by atoms with Gasteiger partial charge in [-0.25, -0.2) is 0 Å². The van der Waals surface area contributed by atoms with E-state index < -0.39 is 0 Å². The lowest BCUT2D eigenvalue weighted by atomic mass is 10.2. The first-order valence-electron chi connectivity index (χ1n) is 6.58. The number of hydrogen-bond donors (Lipinski definition) is 0. The lowest BCUT2D eigenvalue weighted by molar-refractivity contribution is 0.112. The highest BCUT2D eigenvalue weighted by Crippen LogP contribution is 2.27. The van der Waals surface area contributed by atoms with Crippen molar-refractivity contribution in [3.8, 4) is 5.75 Å². The van der Waals surface area contributed by atoms with E-state index in [2.05, 4.69) is 0 Å². The monoisotopic (exact) mass is 299 g/mol. The molecule has 0 aliphatic rings. The summed E-state index contributed by atoms with van der Waals surface area (Å²) in [7, 11) is 1.61. The third-order valence-electron chi connectivity index (χ3n) is 3.54. The molecule has 1 aromatic heterocycles.